The van der Waals surface area contributed by atoms with Crippen LogP contribution in [0.15, 0.2) is 18.2 Å². The van der Waals surface area contributed by atoms with Crippen LogP contribution in [-0.2, 0) is 6.54 Å². The standard InChI is InChI=1S/C16H26N2O2/c1-12(2)18(10-13-4-3-7-17-9-13)11-14-5-6-15(19)8-16(14)20/h5-6,8,12-13,17,19-20H,3-4,7,9-11H2,1-2H3. The summed E-state index contributed by atoms with van der Waals surface area (Å²) in [5.74, 6) is 0.974. The van der Waals surface area contributed by atoms with Crippen LogP contribution in [0.3, 0.4) is 0 Å². The van der Waals surface area contributed by atoms with E-state index in [-0.39, 0.29) is 11.5 Å². The third kappa shape index (κ3) is 4.12. The van der Waals surface area contributed by atoms with E-state index < -0.39 is 0 Å². The molecule has 0 bridgehead atoms. The van der Waals surface area contributed by atoms with Crippen LogP contribution in [0.5, 0.6) is 11.5 Å². The maximum absolute atomic E-state index is 9.93. The average molecular weight is 278 g/mol. The fraction of sp³-hybridized carbons (Fsp3) is 0.625. The first-order valence-electron chi connectivity index (χ1n) is 7.52. The lowest BCUT2D eigenvalue weighted by molar-refractivity contribution is 0.162. The number of phenols is 2. The number of nitrogens with zero attached hydrogens (tertiary/aromatic N) is 1. The van der Waals surface area contributed by atoms with Crippen molar-refractivity contribution in [1.82, 2.24) is 10.2 Å². The zero-order valence-corrected chi connectivity index (χ0v) is 12.5. The molecule has 1 atom stereocenters. The molecule has 0 spiro atoms. The zero-order chi connectivity index (χ0) is 14.5. The second-order valence-electron chi connectivity index (χ2n) is 6.05. The lowest BCUT2D eigenvalue weighted by atomic mass is 9.98. The number of hydrogen-bond acceptors (Lipinski definition) is 4. The van der Waals surface area contributed by atoms with Gasteiger partial charge in [-0.05, 0) is 51.8 Å². The first-order valence-corrected chi connectivity index (χ1v) is 7.52. The SMILES string of the molecule is CC(C)N(Cc1ccc(O)cc1O)CC1CCCNC1. The van der Waals surface area contributed by atoms with Gasteiger partial charge < -0.3 is 15.5 Å². The maximum atomic E-state index is 9.93. The van der Waals surface area contributed by atoms with Crippen molar-refractivity contribution in [2.45, 2.75) is 39.3 Å². The molecule has 1 aliphatic rings. The van der Waals surface area contributed by atoms with Gasteiger partial charge in [-0.2, -0.15) is 0 Å². The highest BCUT2D eigenvalue weighted by molar-refractivity contribution is 5.38. The number of piperidine rings is 1. The molecule has 1 aromatic rings. The van der Waals surface area contributed by atoms with Crippen molar-refractivity contribution in [3.05, 3.63) is 23.8 Å². The molecule has 4 heteroatoms. The van der Waals surface area contributed by atoms with Crippen LogP contribution in [0.25, 0.3) is 0 Å². The monoisotopic (exact) mass is 278 g/mol. The van der Waals surface area contributed by atoms with Crippen LogP contribution >= 0.6 is 0 Å². The van der Waals surface area contributed by atoms with E-state index in [0.29, 0.717) is 12.0 Å². The van der Waals surface area contributed by atoms with E-state index in [4.69, 9.17) is 0 Å². The van der Waals surface area contributed by atoms with Gasteiger partial charge in [0.05, 0.1) is 0 Å². The molecule has 112 valence electrons. The van der Waals surface area contributed by atoms with Crippen molar-refractivity contribution in [2.24, 2.45) is 5.92 Å². The Balaban J connectivity index is 2.01. The van der Waals surface area contributed by atoms with Gasteiger partial charge in [0.1, 0.15) is 11.5 Å². The lowest BCUT2D eigenvalue weighted by Crippen LogP contribution is -2.40. The molecule has 3 N–H and O–H groups in total. The first-order chi connectivity index (χ1) is 9.56. The van der Waals surface area contributed by atoms with Gasteiger partial charge in [-0.15, -0.1) is 0 Å². The molecule has 0 saturated carbocycles. The molecular formula is C16H26N2O2. The number of nitrogens with one attached hydrogen (secondary N) is 1. The molecule has 0 aliphatic carbocycles. The third-order valence-electron chi connectivity index (χ3n) is 4.06. The number of aromatic hydroxyl groups is 2. The van der Waals surface area contributed by atoms with Crippen LogP contribution in [-0.4, -0.2) is 40.8 Å². The summed E-state index contributed by atoms with van der Waals surface area (Å²) in [7, 11) is 0. The number of rotatable bonds is 5. The highest BCUT2D eigenvalue weighted by Gasteiger charge is 2.20. The van der Waals surface area contributed by atoms with Gasteiger partial charge in [-0.1, -0.05) is 6.07 Å². The highest BCUT2D eigenvalue weighted by atomic mass is 16.3. The average Bonchev–Trinajstić information content (AvgIpc) is 2.42. The van der Waals surface area contributed by atoms with E-state index in [1.54, 1.807) is 12.1 Å². The molecule has 0 amide bonds. The Morgan fingerprint density at radius 3 is 2.75 bits per heavy atom. The Hall–Kier alpha value is -1.26. The Morgan fingerprint density at radius 2 is 2.15 bits per heavy atom. The van der Waals surface area contributed by atoms with E-state index in [1.165, 1.54) is 18.9 Å². The second kappa shape index (κ2) is 6.95. The smallest absolute Gasteiger partial charge is 0.123 e. The highest BCUT2D eigenvalue weighted by Crippen LogP contribution is 2.25. The summed E-state index contributed by atoms with van der Waals surface area (Å²) in [4.78, 5) is 2.39. The minimum absolute atomic E-state index is 0.110. The van der Waals surface area contributed by atoms with Gasteiger partial charge in [0.15, 0.2) is 0 Å². The third-order valence-corrected chi connectivity index (χ3v) is 4.06. The molecule has 1 fully saturated rings. The second-order valence-corrected chi connectivity index (χ2v) is 6.05. The minimum atomic E-state index is 0.110. The number of hydrogen-bond donors (Lipinski definition) is 3. The predicted octanol–water partition coefficient (Wildman–Crippen LogP) is 2.31. The summed E-state index contributed by atoms with van der Waals surface area (Å²) in [6, 6.07) is 5.29. The van der Waals surface area contributed by atoms with Gasteiger partial charge in [0, 0.05) is 30.8 Å². The molecular weight excluding hydrogens is 252 g/mol. The van der Waals surface area contributed by atoms with Crippen molar-refractivity contribution in [2.75, 3.05) is 19.6 Å². The van der Waals surface area contributed by atoms with Crippen molar-refractivity contribution in [1.29, 1.82) is 0 Å². The van der Waals surface area contributed by atoms with E-state index in [2.05, 4.69) is 24.1 Å². The quantitative estimate of drug-likeness (QED) is 0.773. The van der Waals surface area contributed by atoms with Gasteiger partial charge in [-0.25, -0.2) is 0 Å². The number of phenolic OH excluding ortho intramolecular Hbond substituents is 2. The van der Waals surface area contributed by atoms with Gasteiger partial charge in [-0.3, -0.25) is 4.90 Å². The first kappa shape index (κ1) is 15.1. The maximum Gasteiger partial charge on any atom is 0.123 e. The van der Waals surface area contributed by atoms with E-state index in [0.717, 1.165) is 31.7 Å². The number of benzene rings is 1. The van der Waals surface area contributed by atoms with Crippen molar-refractivity contribution >= 4 is 0 Å². The lowest BCUT2D eigenvalue weighted by Gasteiger charge is -2.33. The normalized spacial score (nSPS) is 19.7. The van der Waals surface area contributed by atoms with Crippen LogP contribution in [0.4, 0.5) is 0 Å². The summed E-state index contributed by atoms with van der Waals surface area (Å²) in [5.41, 5.74) is 0.875. The van der Waals surface area contributed by atoms with Gasteiger partial charge >= 0.3 is 0 Å². The van der Waals surface area contributed by atoms with E-state index >= 15 is 0 Å². The summed E-state index contributed by atoms with van der Waals surface area (Å²) >= 11 is 0. The van der Waals surface area contributed by atoms with E-state index in [1.807, 2.05) is 0 Å². The molecule has 2 rings (SSSR count). The summed E-state index contributed by atoms with van der Waals surface area (Å²) in [5, 5.41) is 22.7. The molecule has 4 nitrogen and oxygen atoms in total. The van der Waals surface area contributed by atoms with Crippen LogP contribution in [0, 0.1) is 5.92 Å². The van der Waals surface area contributed by atoms with Crippen LogP contribution in [0.1, 0.15) is 32.3 Å². The predicted molar refractivity (Wildman–Crippen MR) is 80.9 cm³/mol. The molecule has 1 saturated heterocycles. The molecule has 20 heavy (non-hydrogen) atoms. The van der Waals surface area contributed by atoms with Gasteiger partial charge in [0.2, 0.25) is 0 Å². The Bertz CT molecular complexity index is 428. The topological polar surface area (TPSA) is 55.7 Å². The minimum Gasteiger partial charge on any atom is -0.508 e. The summed E-state index contributed by atoms with van der Waals surface area (Å²) < 4.78 is 0. The van der Waals surface area contributed by atoms with Gasteiger partial charge in [0.25, 0.3) is 0 Å². The fourth-order valence-electron chi connectivity index (χ4n) is 2.77. The van der Waals surface area contributed by atoms with Crippen molar-refractivity contribution < 1.29 is 10.2 Å². The van der Waals surface area contributed by atoms with Crippen molar-refractivity contribution in [3.8, 4) is 11.5 Å². The molecule has 0 aromatic heterocycles. The summed E-state index contributed by atoms with van der Waals surface area (Å²) in [6.07, 6.45) is 2.53. The molecule has 1 heterocycles. The largest absolute Gasteiger partial charge is 0.508 e. The zero-order valence-electron chi connectivity index (χ0n) is 12.5. The summed E-state index contributed by atoms with van der Waals surface area (Å²) in [6.45, 7) is 8.37. The molecule has 1 unspecified atom stereocenters. The Morgan fingerprint density at radius 1 is 1.35 bits per heavy atom. The van der Waals surface area contributed by atoms with Crippen molar-refractivity contribution in [3.63, 3.8) is 0 Å². The molecule has 1 aliphatic heterocycles. The fourth-order valence-corrected chi connectivity index (χ4v) is 2.77. The van der Waals surface area contributed by atoms with Crippen LogP contribution in [0.2, 0.25) is 0 Å². The molecule has 0 radical (unpaired) electrons. The van der Waals surface area contributed by atoms with Crippen LogP contribution < -0.4 is 5.32 Å². The molecule has 1 aromatic carbocycles. The van der Waals surface area contributed by atoms with E-state index in [9.17, 15) is 10.2 Å². The Kier molecular flexibility index (Phi) is 5.26. The Labute approximate surface area is 121 Å².